The van der Waals surface area contributed by atoms with Crippen molar-refractivity contribution < 1.29 is 18.7 Å². The molecule has 0 N–H and O–H groups in total. The van der Waals surface area contributed by atoms with Gasteiger partial charge in [0.15, 0.2) is 5.78 Å². The summed E-state index contributed by atoms with van der Waals surface area (Å²) in [5.74, 6) is -0.761. The molecule has 1 aromatic rings. The molecule has 1 aliphatic heterocycles. The van der Waals surface area contributed by atoms with Gasteiger partial charge in [-0.25, -0.2) is 4.39 Å². The average molecular weight is 267 g/mol. The first-order chi connectivity index (χ1) is 9.08. The van der Waals surface area contributed by atoms with Crippen molar-refractivity contribution in [3.05, 3.63) is 29.6 Å². The largest absolute Gasteiger partial charge is 0.377 e. The third kappa shape index (κ3) is 2.62. The monoisotopic (exact) mass is 267 g/mol. The summed E-state index contributed by atoms with van der Waals surface area (Å²) in [6, 6.07) is 4.67. The van der Waals surface area contributed by atoms with Gasteiger partial charge in [-0.2, -0.15) is 0 Å². The number of ketones is 1. The highest BCUT2D eigenvalue weighted by atomic mass is 19.1. The summed E-state index contributed by atoms with van der Waals surface area (Å²) in [5.41, 5.74) is 0.739. The molecule has 0 aliphatic carbocycles. The number of anilines is 1. The van der Waals surface area contributed by atoms with E-state index >= 15 is 0 Å². The number of carbonyl (C=O) groups excluding carboxylic acids is 1. The average Bonchev–Trinajstić information content (AvgIpc) is 2.81. The van der Waals surface area contributed by atoms with Gasteiger partial charge < -0.3 is 14.4 Å². The van der Waals surface area contributed by atoms with Crippen LogP contribution >= 0.6 is 0 Å². The molecule has 19 heavy (non-hydrogen) atoms. The Balaban J connectivity index is 2.33. The number of rotatable bonds is 4. The first-order valence-electron chi connectivity index (χ1n) is 6.18. The molecule has 1 aromatic carbocycles. The van der Waals surface area contributed by atoms with Crippen molar-refractivity contribution in [3.8, 4) is 0 Å². The molecule has 0 saturated carbocycles. The van der Waals surface area contributed by atoms with Gasteiger partial charge in [-0.1, -0.05) is 6.07 Å². The minimum absolute atomic E-state index is 0.0759. The van der Waals surface area contributed by atoms with Crippen molar-refractivity contribution in [2.45, 2.75) is 19.1 Å². The third-order valence-corrected chi connectivity index (χ3v) is 3.51. The number of carbonyl (C=O) groups is 1. The van der Waals surface area contributed by atoms with Crippen molar-refractivity contribution in [1.29, 1.82) is 0 Å². The Morgan fingerprint density at radius 3 is 2.32 bits per heavy atom. The van der Waals surface area contributed by atoms with E-state index in [4.69, 9.17) is 9.47 Å². The lowest BCUT2D eigenvalue weighted by atomic mass is 10.1. The fourth-order valence-corrected chi connectivity index (χ4v) is 2.52. The lowest BCUT2D eigenvalue weighted by Crippen LogP contribution is -2.27. The standard InChI is InChI=1S/C14H18FNO3/c1-9(17)14-10(15)5-4-6-11(14)16-7-12(18-2)13(8-16)19-3/h4-6,12-13H,7-8H2,1-3H3. The number of halogens is 1. The van der Waals surface area contributed by atoms with Crippen LogP contribution in [-0.2, 0) is 9.47 Å². The van der Waals surface area contributed by atoms with Gasteiger partial charge in [-0.05, 0) is 19.1 Å². The summed E-state index contributed by atoms with van der Waals surface area (Å²) in [4.78, 5) is 13.5. The van der Waals surface area contributed by atoms with E-state index in [9.17, 15) is 9.18 Å². The molecule has 1 aliphatic rings. The van der Waals surface area contributed by atoms with Crippen molar-refractivity contribution in [3.63, 3.8) is 0 Å². The normalized spacial score (nSPS) is 22.8. The molecule has 2 rings (SSSR count). The van der Waals surface area contributed by atoms with Crippen LogP contribution in [0.25, 0.3) is 0 Å². The topological polar surface area (TPSA) is 38.8 Å². The lowest BCUT2D eigenvalue weighted by molar-refractivity contribution is -0.00461. The van der Waals surface area contributed by atoms with Crippen molar-refractivity contribution in [2.24, 2.45) is 0 Å². The molecular weight excluding hydrogens is 249 g/mol. The molecule has 2 unspecified atom stereocenters. The van der Waals surface area contributed by atoms with E-state index < -0.39 is 5.82 Å². The molecule has 0 spiro atoms. The number of hydrogen-bond acceptors (Lipinski definition) is 4. The molecular formula is C14H18FNO3. The number of nitrogens with zero attached hydrogens (tertiary/aromatic N) is 1. The maximum atomic E-state index is 13.8. The second kappa shape index (κ2) is 5.67. The Morgan fingerprint density at radius 1 is 1.26 bits per heavy atom. The molecule has 0 radical (unpaired) electrons. The Morgan fingerprint density at radius 2 is 1.84 bits per heavy atom. The molecule has 2 atom stereocenters. The van der Waals surface area contributed by atoms with Crippen LogP contribution in [0.1, 0.15) is 17.3 Å². The molecule has 0 amide bonds. The van der Waals surface area contributed by atoms with E-state index in [1.165, 1.54) is 13.0 Å². The fourth-order valence-electron chi connectivity index (χ4n) is 2.52. The van der Waals surface area contributed by atoms with Crippen molar-refractivity contribution >= 4 is 11.5 Å². The Hall–Kier alpha value is -1.46. The number of benzene rings is 1. The van der Waals surface area contributed by atoms with Gasteiger partial charge in [-0.3, -0.25) is 4.79 Å². The maximum absolute atomic E-state index is 13.8. The second-order valence-corrected chi connectivity index (χ2v) is 4.64. The number of ether oxygens (including phenoxy) is 2. The number of hydrogen-bond donors (Lipinski definition) is 0. The van der Waals surface area contributed by atoms with Crippen LogP contribution in [-0.4, -0.2) is 45.3 Å². The highest BCUT2D eigenvalue weighted by Gasteiger charge is 2.34. The van der Waals surface area contributed by atoms with Gasteiger partial charge in [0, 0.05) is 27.3 Å². The van der Waals surface area contributed by atoms with Crippen LogP contribution < -0.4 is 4.90 Å². The van der Waals surface area contributed by atoms with Crippen LogP contribution in [0, 0.1) is 5.82 Å². The summed E-state index contributed by atoms with van der Waals surface area (Å²) >= 11 is 0. The summed E-state index contributed by atoms with van der Waals surface area (Å²) in [5, 5.41) is 0. The Bertz CT molecular complexity index is 466. The van der Waals surface area contributed by atoms with Gasteiger partial charge >= 0.3 is 0 Å². The van der Waals surface area contributed by atoms with Gasteiger partial charge in [0.25, 0.3) is 0 Å². The third-order valence-electron chi connectivity index (χ3n) is 3.51. The van der Waals surface area contributed by atoms with Crippen LogP contribution in [0.15, 0.2) is 18.2 Å². The van der Waals surface area contributed by atoms with E-state index in [1.807, 2.05) is 4.90 Å². The summed E-state index contributed by atoms with van der Waals surface area (Å²) in [7, 11) is 3.25. The van der Waals surface area contributed by atoms with Crippen LogP contribution in [0.5, 0.6) is 0 Å². The fraction of sp³-hybridized carbons (Fsp3) is 0.500. The van der Waals surface area contributed by atoms with E-state index in [0.717, 1.165) is 0 Å². The molecule has 0 aromatic heterocycles. The predicted molar refractivity (Wildman–Crippen MR) is 70.2 cm³/mol. The van der Waals surface area contributed by atoms with Crippen LogP contribution in [0.4, 0.5) is 10.1 Å². The highest BCUT2D eigenvalue weighted by molar-refractivity contribution is 6.00. The second-order valence-electron chi connectivity index (χ2n) is 4.64. The summed E-state index contributed by atoms with van der Waals surface area (Å²) in [6.07, 6.45) is -0.152. The molecule has 4 nitrogen and oxygen atoms in total. The van der Waals surface area contributed by atoms with Crippen molar-refractivity contribution in [2.75, 3.05) is 32.2 Å². The minimum Gasteiger partial charge on any atom is -0.377 e. The lowest BCUT2D eigenvalue weighted by Gasteiger charge is -2.21. The summed E-state index contributed by atoms with van der Waals surface area (Å²) < 4.78 is 24.5. The molecule has 5 heteroatoms. The zero-order valence-electron chi connectivity index (χ0n) is 11.4. The smallest absolute Gasteiger partial charge is 0.164 e. The molecule has 1 saturated heterocycles. The highest BCUT2D eigenvalue weighted by Crippen LogP contribution is 2.28. The zero-order chi connectivity index (χ0) is 14.0. The Labute approximate surface area is 112 Å². The number of methoxy groups -OCH3 is 2. The SMILES string of the molecule is COC1CN(c2cccc(F)c2C(C)=O)CC1OC. The Kier molecular flexibility index (Phi) is 4.17. The number of Topliss-reactive ketones (excluding diaryl/α,β-unsaturated/α-hetero) is 1. The molecule has 1 fully saturated rings. The zero-order valence-corrected chi connectivity index (χ0v) is 11.4. The summed E-state index contributed by atoms with van der Waals surface area (Å²) in [6.45, 7) is 2.54. The molecule has 104 valence electrons. The van der Waals surface area contributed by atoms with E-state index in [-0.39, 0.29) is 23.6 Å². The van der Waals surface area contributed by atoms with Gasteiger partial charge in [-0.15, -0.1) is 0 Å². The van der Waals surface area contributed by atoms with E-state index in [1.54, 1.807) is 26.4 Å². The maximum Gasteiger partial charge on any atom is 0.164 e. The van der Waals surface area contributed by atoms with E-state index in [2.05, 4.69) is 0 Å². The predicted octanol–water partition coefficient (Wildman–Crippen LogP) is 1.88. The van der Waals surface area contributed by atoms with Crippen molar-refractivity contribution in [1.82, 2.24) is 0 Å². The van der Waals surface area contributed by atoms with E-state index in [0.29, 0.717) is 18.8 Å². The van der Waals surface area contributed by atoms with Gasteiger partial charge in [0.1, 0.15) is 18.0 Å². The molecule has 0 bridgehead atoms. The first-order valence-corrected chi connectivity index (χ1v) is 6.18. The van der Waals surface area contributed by atoms with Gasteiger partial charge in [0.05, 0.1) is 11.3 Å². The quantitative estimate of drug-likeness (QED) is 0.781. The van der Waals surface area contributed by atoms with Crippen LogP contribution in [0.3, 0.4) is 0 Å². The minimum atomic E-state index is -0.486. The first kappa shape index (κ1) is 14.0. The van der Waals surface area contributed by atoms with Crippen LogP contribution in [0.2, 0.25) is 0 Å². The molecule has 1 heterocycles. The van der Waals surface area contributed by atoms with Gasteiger partial charge in [0.2, 0.25) is 0 Å².